The average Bonchev–Trinajstić information content (AvgIpc) is 2.50. The maximum absolute atomic E-state index is 10.9. The molecule has 2 rings (SSSR count). The monoisotopic (exact) mass is 304 g/mol. The van der Waals surface area contributed by atoms with Crippen LogP contribution in [0.5, 0.6) is 5.75 Å². The topological polar surface area (TPSA) is 52.6 Å². The summed E-state index contributed by atoms with van der Waals surface area (Å²) in [5, 5.41) is 12.8. The highest BCUT2D eigenvalue weighted by atomic mass is 16.3. The summed E-state index contributed by atoms with van der Waals surface area (Å²) in [6, 6.07) is 6.42. The molecule has 1 aliphatic carbocycles. The van der Waals surface area contributed by atoms with Crippen molar-refractivity contribution in [1.29, 1.82) is 0 Å². The van der Waals surface area contributed by atoms with Gasteiger partial charge in [0.05, 0.1) is 0 Å². The van der Waals surface area contributed by atoms with Crippen molar-refractivity contribution in [1.82, 2.24) is 10.2 Å². The highest BCUT2D eigenvalue weighted by molar-refractivity contribution is 5.72. The molecule has 2 N–H and O–H groups in total. The lowest BCUT2D eigenvalue weighted by Gasteiger charge is -2.35. The van der Waals surface area contributed by atoms with E-state index in [1.54, 1.807) is 13.0 Å². The number of rotatable bonds is 7. The van der Waals surface area contributed by atoms with Gasteiger partial charge in [0.1, 0.15) is 5.75 Å². The molecular formula is C18H28N2O2. The molecule has 0 saturated carbocycles. The van der Waals surface area contributed by atoms with Crippen LogP contribution in [0.4, 0.5) is 0 Å². The van der Waals surface area contributed by atoms with Crippen LogP contribution in [0.25, 0.3) is 0 Å². The molecule has 1 unspecified atom stereocenters. The Hall–Kier alpha value is -1.55. The number of nitrogens with one attached hydrogen (secondary N) is 1. The van der Waals surface area contributed by atoms with E-state index < -0.39 is 0 Å². The van der Waals surface area contributed by atoms with E-state index in [0.717, 1.165) is 57.3 Å². The number of nitrogens with zero attached hydrogens (tertiary/aromatic N) is 1. The fourth-order valence-corrected chi connectivity index (χ4v) is 3.39. The largest absolute Gasteiger partial charge is 0.508 e. The lowest BCUT2D eigenvalue weighted by Crippen LogP contribution is -2.41. The Morgan fingerprint density at radius 3 is 2.95 bits per heavy atom. The molecule has 1 aliphatic rings. The Kier molecular flexibility index (Phi) is 6.25. The Bertz CT molecular complexity index is 502. The van der Waals surface area contributed by atoms with Gasteiger partial charge in [0.15, 0.2) is 0 Å². The van der Waals surface area contributed by atoms with E-state index in [4.69, 9.17) is 0 Å². The first kappa shape index (κ1) is 16.8. The first-order valence-electron chi connectivity index (χ1n) is 8.40. The third-order valence-corrected chi connectivity index (χ3v) is 4.45. The van der Waals surface area contributed by atoms with E-state index in [1.807, 2.05) is 6.07 Å². The fourth-order valence-electron chi connectivity index (χ4n) is 3.39. The molecule has 122 valence electrons. The van der Waals surface area contributed by atoms with Gasteiger partial charge in [-0.05, 0) is 55.8 Å². The van der Waals surface area contributed by atoms with E-state index in [2.05, 4.69) is 23.2 Å². The van der Waals surface area contributed by atoms with Crippen LogP contribution in [0.2, 0.25) is 0 Å². The van der Waals surface area contributed by atoms with E-state index in [1.165, 1.54) is 5.56 Å². The zero-order chi connectivity index (χ0) is 15.9. The summed E-state index contributed by atoms with van der Waals surface area (Å²) in [5.74, 6) is 0.493. The van der Waals surface area contributed by atoms with Gasteiger partial charge in [0, 0.05) is 26.1 Å². The van der Waals surface area contributed by atoms with E-state index in [0.29, 0.717) is 11.8 Å². The number of carbonyl (C=O) groups excluding carboxylic acids is 1. The Labute approximate surface area is 133 Å². The number of aromatic hydroxyl groups is 1. The van der Waals surface area contributed by atoms with Crippen molar-refractivity contribution in [3.05, 3.63) is 29.3 Å². The number of hydrogen-bond acceptors (Lipinski definition) is 3. The average molecular weight is 304 g/mol. The minimum absolute atomic E-state index is 0.0455. The van der Waals surface area contributed by atoms with Crippen molar-refractivity contribution in [2.75, 3.05) is 19.6 Å². The predicted octanol–water partition coefficient (Wildman–Crippen LogP) is 2.49. The van der Waals surface area contributed by atoms with Crippen LogP contribution in [-0.4, -0.2) is 41.6 Å². The maximum atomic E-state index is 10.9. The van der Waals surface area contributed by atoms with Crippen molar-refractivity contribution < 1.29 is 9.90 Å². The van der Waals surface area contributed by atoms with Crippen molar-refractivity contribution in [2.45, 2.75) is 52.0 Å². The van der Waals surface area contributed by atoms with Gasteiger partial charge in [0.25, 0.3) is 0 Å². The number of fused-ring (bicyclic) bond motifs is 1. The van der Waals surface area contributed by atoms with Gasteiger partial charge in [0.2, 0.25) is 5.91 Å². The van der Waals surface area contributed by atoms with Crippen molar-refractivity contribution in [2.24, 2.45) is 0 Å². The first-order valence-corrected chi connectivity index (χ1v) is 8.40. The summed E-state index contributed by atoms with van der Waals surface area (Å²) in [5.41, 5.74) is 2.42. The predicted molar refractivity (Wildman–Crippen MR) is 89.1 cm³/mol. The zero-order valence-corrected chi connectivity index (χ0v) is 13.8. The van der Waals surface area contributed by atoms with Crippen molar-refractivity contribution >= 4 is 5.91 Å². The second-order valence-electron chi connectivity index (χ2n) is 6.18. The Morgan fingerprint density at radius 1 is 1.41 bits per heavy atom. The summed E-state index contributed by atoms with van der Waals surface area (Å²) in [6.45, 7) is 6.64. The molecule has 1 aromatic carbocycles. The van der Waals surface area contributed by atoms with Crippen LogP contribution in [0, 0.1) is 0 Å². The summed E-state index contributed by atoms with van der Waals surface area (Å²) in [6.07, 6.45) is 5.21. The normalized spacial score (nSPS) is 17.3. The van der Waals surface area contributed by atoms with Crippen LogP contribution in [-0.2, 0) is 17.6 Å². The van der Waals surface area contributed by atoms with Crippen LogP contribution in [0.3, 0.4) is 0 Å². The van der Waals surface area contributed by atoms with Crippen LogP contribution in [0.15, 0.2) is 18.2 Å². The van der Waals surface area contributed by atoms with Gasteiger partial charge in [-0.1, -0.05) is 19.1 Å². The van der Waals surface area contributed by atoms with E-state index >= 15 is 0 Å². The molecule has 0 saturated heterocycles. The molecule has 0 spiro atoms. The maximum Gasteiger partial charge on any atom is 0.216 e. The standard InChI is InChI=1S/C18H28N2O2/c1-3-11-20(12-5-10-19-14(2)21)16-8-9-17-15(13-16)6-4-7-18(17)22/h4,6-7,16,22H,3,5,8-13H2,1-2H3,(H,19,21). The number of phenols is 1. The van der Waals surface area contributed by atoms with Gasteiger partial charge in [-0.3, -0.25) is 9.69 Å². The molecule has 4 nitrogen and oxygen atoms in total. The SMILES string of the molecule is CCCN(CCCNC(C)=O)C1CCc2c(O)cccc2C1. The molecule has 1 aromatic rings. The molecule has 0 heterocycles. The minimum atomic E-state index is 0.0455. The quantitative estimate of drug-likeness (QED) is 0.761. The first-order chi connectivity index (χ1) is 10.6. The Morgan fingerprint density at radius 2 is 2.23 bits per heavy atom. The van der Waals surface area contributed by atoms with Gasteiger partial charge in [-0.25, -0.2) is 0 Å². The number of carbonyl (C=O) groups is 1. The molecule has 1 atom stereocenters. The molecule has 1 amide bonds. The van der Waals surface area contributed by atoms with Gasteiger partial charge < -0.3 is 10.4 Å². The second kappa shape index (κ2) is 8.18. The smallest absolute Gasteiger partial charge is 0.216 e. The zero-order valence-electron chi connectivity index (χ0n) is 13.8. The summed E-state index contributed by atoms with van der Waals surface area (Å²) < 4.78 is 0. The lowest BCUT2D eigenvalue weighted by atomic mass is 9.86. The van der Waals surface area contributed by atoms with Crippen LogP contribution >= 0.6 is 0 Å². The van der Waals surface area contributed by atoms with E-state index in [-0.39, 0.29) is 5.91 Å². The third kappa shape index (κ3) is 4.47. The summed E-state index contributed by atoms with van der Waals surface area (Å²) >= 11 is 0. The van der Waals surface area contributed by atoms with Crippen LogP contribution < -0.4 is 5.32 Å². The number of phenolic OH excluding ortho intramolecular Hbond substituents is 1. The molecule has 0 radical (unpaired) electrons. The van der Waals surface area contributed by atoms with Gasteiger partial charge in [-0.15, -0.1) is 0 Å². The second-order valence-corrected chi connectivity index (χ2v) is 6.18. The van der Waals surface area contributed by atoms with Gasteiger partial charge >= 0.3 is 0 Å². The molecular weight excluding hydrogens is 276 g/mol. The molecule has 0 aliphatic heterocycles. The van der Waals surface area contributed by atoms with Crippen molar-refractivity contribution in [3.8, 4) is 5.75 Å². The summed E-state index contributed by atoms with van der Waals surface area (Å²) in [7, 11) is 0. The summed E-state index contributed by atoms with van der Waals surface area (Å²) in [4.78, 5) is 13.5. The lowest BCUT2D eigenvalue weighted by molar-refractivity contribution is -0.118. The molecule has 4 heteroatoms. The third-order valence-electron chi connectivity index (χ3n) is 4.45. The number of benzene rings is 1. The highest BCUT2D eigenvalue weighted by Crippen LogP contribution is 2.30. The molecule has 0 bridgehead atoms. The number of hydrogen-bond donors (Lipinski definition) is 2. The van der Waals surface area contributed by atoms with Crippen molar-refractivity contribution in [3.63, 3.8) is 0 Å². The van der Waals surface area contributed by atoms with Gasteiger partial charge in [-0.2, -0.15) is 0 Å². The van der Waals surface area contributed by atoms with E-state index in [9.17, 15) is 9.90 Å². The van der Waals surface area contributed by atoms with Crippen LogP contribution in [0.1, 0.15) is 44.2 Å². The molecule has 22 heavy (non-hydrogen) atoms. The molecule has 0 aromatic heterocycles. The minimum Gasteiger partial charge on any atom is -0.508 e. The highest BCUT2D eigenvalue weighted by Gasteiger charge is 2.24. The number of amides is 1. The fraction of sp³-hybridized carbons (Fsp3) is 0.611. The molecule has 0 fully saturated rings. The Balaban J connectivity index is 1.93.